The van der Waals surface area contributed by atoms with Crippen molar-refractivity contribution in [3.05, 3.63) is 89.5 Å². The molecule has 3 atom stereocenters. The van der Waals surface area contributed by atoms with Crippen LogP contribution >= 0.6 is 0 Å². The third kappa shape index (κ3) is 5.60. The Hall–Kier alpha value is -3.63. The Labute approximate surface area is 195 Å². The van der Waals surface area contributed by atoms with Crippen LogP contribution in [-0.2, 0) is 11.2 Å². The van der Waals surface area contributed by atoms with E-state index in [0.29, 0.717) is 37.4 Å². The molecule has 1 aromatic carbocycles. The SMILES string of the molecule is Cc1ccc(NC(=O)N2C(C3=C=CC(C)C=C3)CC[C@H]2C(=O)NCCc2ccccn2)cc1. The summed E-state index contributed by atoms with van der Waals surface area (Å²) in [6.45, 7) is 4.57. The summed E-state index contributed by atoms with van der Waals surface area (Å²) >= 11 is 0. The summed E-state index contributed by atoms with van der Waals surface area (Å²) in [5.74, 6) is 0.181. The van der Waals surface area contributed by atoms with Crippen molar-refractivity contribution in [1.82, 2.24) is 15.2 Å². The Morgan fingerprint density at radius 2 is 1.97 bits per heavy atom. The van der Waals surface area contributed by atoms with Crippen LogP contribution in [0.4, 0.5) is 10.5 Å². The van der Waals surface area contributed by atoms with Gasteiger partial charge in [0.05, 0.1) is 6.04 Å². The highest BCUT2D eigenvalue weighted by Gasteiger charge is 2.42. The van der Waals surface area contributed by atoms with Crippen LogP contribution in [0.25, 0.3) is 0 Å². The number of anilines is 1. The van der Waals surface area contributed by atoms with Gasteiger partial charge in [0, 0.05) is 36.1 Å². The van der Waals surface area contributed by atoms with Crippen molar-refractivity contribution in [1.29, 1.82) is 0 Å². The lowest BCUT2D eigenvalue weighted by molar-refractivity contribution is -0.124. The highest BCUT2D eigenvalue weighted by Crippen LogP contribution is 2.31. The molecule has 1 aromatic heterocycles. The number of hydrogen-bond donors (Lipinski definition) is 2. The van der Waals surface area contributed by atoms with E-state index in [1.54, 1.807) is 11.1 Å². The largest absolute Gasteiger partial charge is 0.354 e. The Morgan fingerprint density at radius 3 is 2.67 bits per heavy atom. The van der Waals surface area contributed by atoms with Crippen LogP contribution in [0.15, 0.2) is 78.2 Å². The molecule has 170 valence electrons. The third-order valence-electron chi connectivity index (χ3n) is 6.08. The van der Waals surface area contributed by atoms with Gasteiger partial charge in [0.1, 0.15) is 6.04 Å². The number of rotatable bonds is 6. The molecule has 6 heteroatoms. The summed E-state index contributed by atoms with van der Waals surface area (Å²) in [5.41, 5.74) is 7.03. The van der Waals surface area contributed by atoms with E-state index in [1.807, 2.05) is 61.5 Å². The van der Waals surface area contributed by atoms with Gasteiger partial charge in [-0.15, -0.1) is 5.73 Å². The maximum atomic E-state index is 13.4. The molecule has 33 heavy (non-hydrogen) atoms. The minimum atomic E-state index is -0.536. The van der Waals surface area contributed by atoms with Gasteiger partial charge >= 0.3 is 6.03 Å². The topological polar surface area (TPSA) is 74.3 Å². The molecule has 4 rings (SSSR count). The molecular weight excluding hydrogens is 412 g/mol. The van der Waals surface area contributed by atoms with E-state index in [9.17, 15) is 9.59 Å². The Morgan fingerprint density at radius 1 is 1.15 bits per heavy atom. The molecule has 1 aliphatic heterocycles. The van der Waals surface area contributed by atoms with Crippen LogP contribution in [0.1, 0.15) is 31.0 Å². The van der Waals surface area contributed by atoms with E-state index in [1.165, 1.54) is 0 Å². The van der Waals surface area contributed by atoms with Crippen molar-refractivity contribution in [2.75, 3.05) is 11.9 Å². The molecular formula is C27H30N4O2. The molecule has 2 heterocycles. The normalized spacial score (nSPS) is 21.6. The lowest BCUT2D eigenvalue weighted by Crippen LogP contribution is -2.51. The number of benzene rings is 1. The number of nitrogens with one attached hydrogen (secondary N) is 2. The standard InChI is InChI=1S/C27H30N4O2/c1-19-6-10-21(11-7-19)24-14-15-25(26(32)29-18-16-22-5-3-4-17-28-22)31(24)27(33)30-23-12-8-20(2)9-13-23/h3-10,12-13,17,19,24-25H,14-16,18H2,1-2H3,(H,29,32)(H,30,33)/t19?,24?,25-/m0/s1. The first kappa shape index (κ1) is 22.6. The van der Waals surface area contributed by atoms with Crippen molar-refractivity contribution in [2.24, 2.45) is 5.92 Å². The monoisotopic (exact) mass is 442 g/mol. The van der Waals surface area contributed by atoms with Gasteiger partial charge in [0.15, 0.2) is 0 Å². The van der Waals surface area contributed by atoms with Crippen LogP contribution in [0.3, 0.4) is 0 Å². The number of allylic oxidation sites excluding steroid dienone is 1. The first-order valence-corrected chi connectivity index (χ1v) is 11.5. The van der Waals surface area contributed by atoms with E-state index in [0.717, 1.165) is 16.8 Å². The number of urea groups is 1. The average molecular weight is 443 g/mol. The van der Waals surface area contributed by atoms with Gasteiger partial charge in [-0.05, 0) is 56.0 Å². The minimum Gasteiger partial charge on any atom is -0.354 e. The van der Waals surface area contributed by atoms with E-state index in [-0.39, 0.29) is 18.0 Å². The van der Waals surface area contributed by atoms with Gasteiger partial charge in [-0.1, -0.05) is 42.8 Å². The number of aromatic nitrogens is 1. The molecule has 3 amide bonds. The Balaban J connectivity index is 1.49. The smallest absolute Gasteiger partial charge is 0.323 e. The average Bonchev–Trinajstić information content (AvgIpc) is 3.27. The maximum absolute atomic E-state index is 13.4. The maximum Gasteiger partial charge on any atom is 0.323 e. The van der Waals surface area contributed by atoms with Gasteiger partial charge in [0.25, 0.3) is 0 Å². The van der Waals surface area contributed by atoms with Gasteiger partial charge in [0.2, 0.25) is 5.91 Å². The van der Waals surface area contributed by atoms with E-state index < -0.39 is 6.04 Å². The molecule has 2 aromatic rings. The Kier molecular flexibility index (Phi) is 7.06. The molecule has 0 bridgehead atoms. The molecule has 1 saturated heterocycles. The fraction of sp³-hybridized carbons (Fsp3) is 0.333. The van der Waals surface area contributed by atoms with E-state index in [2.05, 4.69) is 34.3 Å². The number of pyridine rings is 1. The molecule has 1 aliphatic carbocycles. The molecule has 0 spiro atoms. The summed E-state index contributed by atoms with van der Waals surface area (Å²) in [4.78, 5) is 32.5. The molecule has 0 radical (unpaired) electrons. The van der Waals surface area contributed by atoms with Crippen LogP contribution in [0.2, 0.25) is 0 Å². The number of amides is 3. The first-order valence-electron chi connectivity index (χ1n) is 11.5. The van der Waals surface area contributed by atoms with Gasteiger partial charge < -0.3 is 15.5 Å². The molecule has 0 saturated carbocycles. The van der Waals surface area contributed by atoms with Crippen molar-refractivity contribution < 1.29 is 9.59 Å². The zero-order valence-corrected chi connectivity index (χ0v) is 19.1. The van der Waals surface area contributed by atoms with Crippen LogP contribution in [0.5, 0.6) is 0 Å². The summed E-state index contributed by atoms with van der Waals surface area (Å²) in [7, 11) is 0. The van der Waals surface area contributed by atoms with Crippen molar-refractivity contribution >= 4 is 17.6 Å². The first-order chi connectivity index (χ1) is 16.0. The van der Waals surface area contributed by atoms with E-state index >= 15 is 0 Å². The highest BCUT2D eigenvalue weighted by molar-refractivity contribution is 5.95. The van der Waals surface area contributed by atoms with Crippen LogP contribution in [0, 0.1) is 12.8 Å². The summed E-state index contributed by atoms with van der Waals surface area (Å²) < 4.78 is 0. The predicted molar refractivity (Wildman–Crippen MR) is 130 cm³/mol. The molecule has 1 fully saturated rings. The van der Waals surface area contributed by atoms with Crippen molar-refractivity contribution in [3.8, 4) is 0 Å². The second-order valence-corrected chi connectivity index (χ2v) is 8.66. The number of likely N-dealkylation sites (tertiary alicyclic amines) is 1. The number of carbonyl (C=O) groups excluding carboxylic acids is 2. The summed E-state index contributed by atoms with van der Waals surface area (Å²) in [6.07, 6.45) is 9.85. The number of aryl methyl sites for hydroxylation is 1. The van der Waals surface area contributed by atoms with Crippen molar-refractivity contribution in [2.45, 2.75) is 45.2 Å². The zero-order chi connectivity index (χ0) is 23.2. The van der Waals surface area contributed by atoms with Gasteiger partial charge in [-0.2, -0.15) is 0 Å². The van der Waals surface area contributed by atoms with Gasteiger partial charge in [-0.3, -0.25) is 9.78 Å². The lowest BCUT2D eigenvalue weighted by Gasteiger charge is -2.30. The summed E-state index contributed by atoms with van der Waals surface area (Å²) in [5, 5.41) is 5.98. The van der Waals surface area contributed by atoms with E-state index in [4.69, 9.17) is 0 Å². The molecule has 2 unspecified atom stereocenters. The van der Waals surface area contributed by atoms with Crippen LogP contribution < -0.4 is 10.6 Å². The fourth-order valence-electron chi connectivity index (χ4n) is 4.25. The minimum absolute atomic E-state index is 0.134. The quantitative estimate of drug-likeness (QED) is 0.651. The van der Waals surface area contributed by atoms with Gasteiger partial charge in [-0.25, -0.2) is 4.79 Å². The molecule has 2 N–H and O–H groups in total. The number of nitrogens with zero attached hydrogens (tertiary/aromatic N) is 2. The third-order valence-corrected chi connectivity index (χ3v) is 6.08. The number of hydrogen-bond acceptors (Lipinski definition) is 3. The second-order valence-electron chi connectivity index (χ2n) is 8.66. The van der Waals surface area contributed by atoms with Crippen molar-refractivity contribution in [3.63, 3.8) is 0 Å². The van der Waals surface area contributed by atoms with Crippen LogP contribution in [-0.4, -0.2) is 40.5 Å². The molecule has 6 nitrogen and oxygen atoms in total. The fourth-order valence-corrected chi connectivity index (χ4v) is 4.25. The zero-order valence-electron chi connectivity index (χ0n) is 19.1. The predicted octanol–water partition coefficient (Wildman–Crippen LogP) is 4.40. The second kappa shape index (κ2) is 10.3. The molecule has 2 aliphatic rings. The lowest BCUT2D eigenvalue weighted by atomic mass is 9.98. The Bertz CT molecular complexity index is 1080. The summed E-state index contributed by atoms with van der Waals surface area (Å²) in [6, 6.07) is 12.4. The number of carbonyl (C=O) groups is 2. The highest BCUT2D eigenvalue weighted by atomic mass is 16.2.